The van der Waals surface area contributed by atoms with E-state index in [-0.39, 0.29) is 6.09 Å². The van der Waals surface area contributed by atoms with Gasteiger partial charge in [0.2, 0.25) is 0 Å². The fraction of sp³-hybridized carbons (Fsp3) is 0.727. The largest absolute Gasteiger partial charge is 0.496 e. The second-order valence-electron chi connectivity index (χ2n) is 10.5. The van der Waals surface area contributed by atoms with E-state index < -0.39 is 23.9 Å². The monoisotopic (exact) mass is 433 g/mol. The van der Waals surface area contributed by atoms with E-state index in [4.69, 9.17) is 24.5 Å². The number of pyridine rings is 1. The van der Waals surface area contributed by atoms with Gasteiger partial charge in [0.05, 0.1) is 17.8 Å². The van der Waals surface area contributed by atoms with Crippen molar-refractivity contribution in [2.24, 2.45) is 5.92 Å². The summed E-state index contributed by atoms with van der Waals surface area (Å²) in [5, 5.41) is 0. The molecule has 2 fully saturated rings. The molecule has 0 spiro atoms. The minimum absolute atomic E-state index is 0.254. The van der Waals surface area contributed by atoms with Crippen LogP contribution in [0.15, 0.2) is 12.3 Å². The van der Waals surface area contributed by atoms with Gasteiger partial charge in [-0.15, -0.1) is 0 Å². The first-order valence-corrected chi connectivity index (χ1v) is 11.0. The van der Waals surface area contributed by atoms with Crippen LogP contribution in [0.1, 0.15) is 61.3 Å². The van der Waals surface area contributed by atoms with Gasteiger partial charge in [-0.05, 0) is 73.3 Å². The number of nitrogens with zero attached hydrogens (tertiary/aromatic N) is 2. The van der Waals surface area contributed by atoms with Gasteiger partial charge in [0.15, 0.2) is 11.6 Å². The average Bonchev–Trinajstić information content (AvgIpc) is 2.87. The standard InChI is InChI=1S/C22H36BN3O5/c1-20(2,3)29-19(27)26-10-8-15(9-11-26)14-28-17-12-16(13-25-18(17)24)23-30-21(4,5)22(6,7)31-23/h12-13,15H,8-11,14H2,1-7H3,(H2,24,25). The zero-order valence-electron chi connectivity index (χ0n) is 19.9. The minimum Gasteiger partial charge on any atom is -0.489 e. The van der Waals surface area contributed by atoms with Gasteiger partial charge in [0, 0.05) is 24.7 Å². The molecule has 31 heavy (non-hydrogen) atoms. The number of aromatic nitrogens is 1. The number of anilines is 1. The van der Waals surface area contributed by atoms with Gasteiger partial charge in [-0.3, -0.25) is 0 Å². The summed E-state index contributed by atoms with van der Waals surface area (Å²) in [5.74, 6) is 1.20. The van der Waals surface area contributed by atoms with E-state index in [0.717, 1.165) is 18.3 Å². The Kier molecular flexibility index (Phi) is 6.49. The lowest BCUT2D eigenvalue weighted by Crippen LogP contribution is -2.42. The van der Waals surface area contributed by atoms with Gasteiger partial charge < -0.3 is 29.4 Å². The van der Waals surface area contributed by atoms with Crippen LogP contribution in [0.2, 0.25) is 0 Å². The van der Waals surface area contributed by atoms with E-state index in [2.05, 4.69) is 4.98 Å². The summed E-state index contributed by atoms with van der Waals surface area (Å²) in [6.07, 6.45) is 3.12. The van der Waals surface area contributed by atoms with Crippen LogP contribution in [0.3, 0.4) is 0 Å². The SMILES string of the molecule is CC(C)(C)OC(=O)N1CCC(COc2cc(B3OC(C)(C)C(C)(C)O3)cnc2N)CC1. The first-order valence-electron chi connectivity index (χ1n) is 11.0. The van der Waals surface area contributed by atoms with Crippen molar-refractivity contribution in [1.29, 1.82) is 0 Å². The van der Waals surface area contributed by atoms with E-state index in [9.17, 15) is 4.79 Å². The number of carbonyl (C=O) groups excluding carboxylic acids is 1. The van der Waals surface area contributed by atoms with Crippen molar-refractivity contribution < 1.29 is 23.6 Å². The number of likely N-dealkylation sites (tertiary alicyclic amines) is 1. The number of ether oxygens (including phenoxy) is 2. The maximum atomic E-state index is 12.2. The minimum atomic E-state index is -0.516. The molecule has 0 aliphatic carbocycles. The molecule has 0 saturated carbocycles. The number of amides is 1. The van der Waals surface area contributed by atoms with Crippen LogP contribution in [0.4, 0.5) is 10.6 Å². The molecule has 2 aliphatic heterocycles. The number of nitrogens with two attached hydrogens (primary N) is 1. The number of hydrogen-bond acceptors (Lipinski definition) is 7. The summed E-state index contributed by atoms with van der Waals surface area (Å²) in [6.45, 7) is 15.5. The third-order valence-corrected chi connectivity index (χ3v) is 6.17. The molecule has 2 aliphatic rings. The van der Waals surface area contributed by atoms with Crippen molar-refractivity contribution in [3.8, 4) is 5.75 Å². The third-order valence-electron chi connectivity index (χ3n) is 6.17. The molecule has 3 rings (SSSR count). The van der Waals surface area contributed by atoms with Crippen LogP contribution in [0.5, 0.6) is 5.75 Å². The number of carbonyl (C=O) groups is 1. The molecule has 172 valence electrons. The summed E-state index contributed by atoms with van der Waals surface area (Å²) in [7, 11) is -0.516. The zero-order valence-corrected chi connectivity index (χ0v) is 19.9. The van der Waals surface area contributed by atoms with E-state index in [1.165, 1.54) is 0 Å². The highest BCUT2D eigenvalue weighted by Gasteiger charge is 2.52. The van der Waals surface area contributed by atoms with Crippen LogP contribution < -0.4 is 15.9 Å². The van der Waals surface area contributed by atoms with Gasteiger partial charge in [0.1, 0.15) is 5.60 Å². The lowest BCUT2D eigenvalue weighted by atomic mass is 9.80. The predicted molar refractivity (Wildman–Crippen MR) is 120 cm³/mol. The van der Waals surface area contributed by atoms with Gasteiger partial charge in [-0.1, -0.05) is 0 Å². The summed E-state index contributed by atoms with van der Waals surface area (Å²) < 4.78 is 23.7. The molecule has 3 heterocycles. The quantitative estimate of drug-likeness (QED) is 0.730. The predicted octanol–water partition coefficient (Wildman–Crippen LogP) is 2.99. The van der Waals surface area contributed by atoms with Crippen molar-refractivity contribution in [2.45, 2.75) is 78.1 Å². The summed E-state index contributed by atoms with van der Waals surface area (Å²) in [6, 6.07) is 1.85. The van der Waals surface area contributed by atoms with Gasteiger partial charge in [0.25, 0.3) is 0 Å². The van der Waals surface area contributed by atoms with E-state index >= 15 is 0 Å². The van der Waals surface area contributed by atoms with Gasteiger partial charge in [-0.2, -0.15) is 0 Å². The number of rotatable bonds is 4. The molecule has 1 amide bonds. The lowest BCUT2D eigenvalue weighted by molar-refractivity contribution is 0.00578. The zero-order chi connectivity index (χ0) is 23.0. The smallest absolute Gasteiger partial charge is 0.489 e. The Hall–Kier alpha value is -2.00. The molecule has 0 unspecified atom stereocenters. The second kappa shape index (κ2) is 8.50. The van der Waals surface area contributed by atoms with E-state index in [0.29, 0.717) is 37.2 Å². The first-order chi connectivity index (χ1) is 14.3. The van der Waals surface area contributed by atoms with Gasteiger partial charge >= 0.3 is 13.2 Å². The van der Waals surface area contributed by atoms with Crippen molar-refractivity contribution in [3.63, 3.8) is 0 Å². The summed E-state index contributed by atoms with van der Waals surface area (Å²) >= 11 is 0. The Morgan fingerprint density at radius 3 is 2.35 bits per heavy atom. The first kappa shape index (κ1) is 23.7. The molecular formula is C22H36BN3O5. The molecule has 0 aromatic carbocycles. The van der Waals surface area contributed by atoms with Crippen molar-refractivity contribution in [1.82, 2.24) is 9.88 Å². The normalized spacial score (nSPS) is 21.3. The molecule has 8 nitrogen and oxygen atoms in total. The molecule has 0 atom stereocenters. The molecule has 1 aromatic heterocycles. The summed E-state index contributed by atoms with van der Waals surface area (Å²) in [4.78, 5) is 18.3. The van der Waals surface area contributed by atoms with Crippen molar-refractivity contribution in [2.75, 3.05) is 25.4 Å². The van der Waals surface area contributed by atoms with Crippen LogP contribution in [-0.4, -0.2) is 59.6 Å². The van der Waals surface area contributed by atoms with E-state index in [1.807, 2.05) is 54.5 Å². The fourth-order valence-corrected chi connectivity index (χ4v) is 3.51. The summed E-state index contributed by atoms with van der Waals surface area (Å²) in [5.41, 5.74) is 5.48. The Balaban J connectivity index is 1.55. The highest BCUT2D eigenvalue weighted by Crippen LogP contribution is 2.36. The number of piperidine rings is 1. The van der Waals surface area contributed by atoms with Crippen molar-refractivity contribution in [3.05, 3.63) is 12.3 Å². The highest BCUT2D eigenvalue weighted by molar-refractivity contribution is 6.62. The Morgan fingerprint density at radius 2 is 1.81 bits per heavy atom. The van der Waals surface area contributed by atoms with Crippen LogP contribution in [0.25, 0.3) is 0 Å². The molecule has 9 heteroatoms. The van der Waals surface area contributed by atoms with E-state index in [1.54, 1.807) is 11.1 Å². The van der Waals surface area contributed by atoms with Gasteiger partial charge in [-0.25, -0.2) is 9.78 Å². The van der Waals surface area contributed by atoms with Crippen molar-refractivity contribution >= 4 is 24.5 Å². The maximum Gasteiger partial charge on any atom is 0.496 e. The fourth-order valence-electron chi connectivity index (χ4n) is 3.51. The second-order valence-corrected chi connectivity index (χ2v) is 10.5. The van der Waals surface area contributed by atoms with Crippen LogP contribution in [0, 0.1) is 5.92 Å². The highest BCUT2D eigenvalue weighted by atomic mass is 16.7. The average molecular weight is 433 g/mol. The topological polar surface area (TPSA) is 96.1 Å². The molecule has 2 N–H and O–H groups in total. The molecule has 2 saturated heterocycles. The molecule has 0 radical (unpaired) electrons. The molecule has 0 bridgehead atoms. The van der Waals surface area contributed by atoms with Crippen LogP contribution >= 0.6 is 0 Å². The molecular weight excluding hydrogens is 397 g/mol. The third kappa shape index (κ3) is 5.63. The Bertz CT molecular complexity index is 785. The van der Waals surface area contributed by atoms with Crippen LogP contribution in [-0.2, 0) is 14.0 Å². The number of nitrogen functional groups attached to an aromatic ring is 1. The number of hydrogen-bond donors (Lipinski definition) is 1. The maximum absolute atomic E-state index is 12.2. The Morgan fingerprint density at radius 1 is 1.23 bits per heavy atom. The Labute approximate surface area is 185 Å². The lowest BCUT2D eigenvalue weighted by Gasteiger charge is -2.33. The molecule has 1 aromatic rings.